The predicted molar refractivity (Wildman–Crippen MR) is 61.3 cm³/mol. The van der Waals surface area contributed by atoms with Gasteiger partial charge in [0.1, 0.15) is 0 Å². The van der Waals surface area contributed by atoms with Crippen molar-refractivity contribution in [2.75, 3.05) is 0 Å². The fourth-order valence-corrected chi connectivity index (χ4v) is 1.52. The van der Waals surface area contributed by atoms with E-state index in [-0.39, 0.29) is 5.78 Å². The fourth-order valence-electron chi connectivity index (χ4n) is 1.16. The molecule has 0 saturated carbocycles. The minimum absolute atomic E-state index is 0.0816. The first-order valence-electron chi connectivity index (χ1n) is 4.34. The lowest BCUT2D eigenvalue weighted by Crippen LogP contribution is -2.00. The lowest BCUT2D eigenvalue weighted by molar-refractivity contribution is 0.0997. The van der Waals surface area contributed by atoms with E-state index >= 15 is 0 Å². The topological polar surface area (TPSA) is 17.1 Å². The summed E-state index contributed by atoms with van der Waals surface area (Å²) in [6.07, 6.45) is 0.299. The highest BCUT2D eigenvalue weighted by Crippen LogP contribution is 2.17. The smallest absolute Gasteiger partial charge is 0.175 e. The van der Waals surface area contributed by atoms with Gasteiger partial charge in [-0.05, 0) is 31.5 Å². The third kappa shape index (κ3) is 2.71. The standard InChI is InChI=1S/C12H11BrO/c1-3-4-5-12(14)11-8-10(13)7-6-9(11)2/h6-8H,5H2,1-2H3. The van der Waals surface area contributed by atoms with E-state index in [1.54, 1.807) is 6.92 Å². The van der Waals surface area contributed by atoms with E-state index in [4.69, 9.17) is 0 Å². The summed E-state index contributed by atoms with van der Waals surface area (Å²) in [5, 5.41) is 0. The normalized spacial score (nSPS) is 9.07. The maximum absolute atomic E-state index is 11.7. The molecule has 0 saturated heterocycles. The molecule has 0 aliphatic heterocycles. The van der Waals surface area contributed by atoms with Gasteiger partial charge in [0.15, 0.2) is 5.78 Å². The Labute approximate surface area is 92.6 Å². The molecule has 0 spiro atoms. The molecule has 0 N–H and O–H groups in total. The first-order chi connectivity index (χ1) is 6.65. The van der Waals surface area contributed by atoms with Crippen LogP contribution in [0.4, 0.5) is 0 Å². The summed E-state index contributed by atoms with van der Waals surface area (Å²) in [6, 6.07) is 5.70. The van der Waals surface area contributed by atoms with Gasteiger partial charge < -0.3 is 0 Å². The molecule has 2 heteroatoms. The van der Waals surface area contributed by atoms with Crippen molar-refractivity contribution in [2.45, 2.75) is 20.3 Å². The zero-order valence-electron chi connectivity index (χ0n) is 8.23. The van der Waals surface area contributed by atoms with Gasteiger partial charge >= 0.3 is 0 Å². The maximum Gasteiger partial charge on any atom is 0.175 e. The molecule has 0 heterocycles. The highest BCUT2D eigenvalue weighted by Gasteiger charge is 2.07. The van der Waals surface area contributed by atoms with Crippen LogP contribution in [0.3, 0.4) is 0 Å². The van der Waals surface area contributed by atoms with Crippen LogP contribution >= 0.6 is 15.9 Å². The van der Waals surface area contributed by atoms with Crippen molar-refractivity contribution in [3.8, 4) is 11.8 Å². The Morgan fingerprint density at radius 1 is 1.50 bits per heavy atom. The molecular weight excluding hydrogens is 240 g/mol. The summed E-state index contributed by atoms with van der Waals surface area (Å²) in [5.74, 6) is 5.58. The molecule has 14 heavy (non-hydrogen) atoms. The number of rotatable bonds is 2. The lowest BCUT2D eigenvalue weighted by Gasteiger charge is -2.02. The number of hydrogen-bond donors (Lipinski definition) is 0. The second-order valence-corrected chi connectivity index (χ2v) is 3.90. The van der Waals surface area contributed by atoms with Crippen molar-refractivity contribution in [3.63, 3.8) is 0 Å². The Kier molecular flexibility index (Phi) is 3.91. The van der Waals surface area contributed by atoms with Gasteiger partial charge in [-0.1, -0.05) is 27.9 Å². The number of carbonyl (C=O) groups excluding carboxylic acids is 1. The number of aryl methyl sites for hydroxylation is 1. The molecule has 72 valence electrons. The van der Waals surface area contributed by atoms with E-state index < -0.39 is 0 Å². The number of Topliss-reactive ketones (excluding diaryl/α,β-unsaturated/α-hetero) is 1. The summed E-state index contributed by atoms with van der Waals surface area (Å²) in [5.41, 5.74) is 1.75. The van der Waals surface area contributed by atoms with Crippen LogP contribution in [-0.4, -0.2) is 5.78 Å². The third-order valence-electron chi connectivity index (χ3n) is 1.93. The quantitative estimate of drug-likeness (QED) is 0.581. The average molecular weight is 251 g/mol. The van der Waals surface area contributed by atoms with Crippen molar-refractivity contribution in [3.05, 3.63) is 33.8 Å². The van der Waals surface area contributed by atoms with Crippen LogP contribution in [0.1, 0.15) is 29.3 Å². The summed E-state index contributed by atoms with van der Waals surface area (Å²) in [7, 11) is 0. The lowest BCUT2D eigenvalue weighted by atomic mass is 10.0. The van der Waals surface area contributed by atoms with Crippen LogP contribution in [0.15, 0.2) is 22.7 Å². The third-order valence-corrected chi connectivity index (χ3v) is 2.42. The molecule has 0 bridgehead atoms. The molecule has 0 unspecified atom stereocenters. The van der Waals surface area contributed by atoms with Crippen molar-refractivity contribution in [1.29, 1.82) is 0 Å². The summed E-state index contributed by atoms with van der Waals surface area (Å²) in [6.45, 7) is 3.67. The van der Waals surface area contributed by atoms with E-state index in [1.807, 2.05) is 25.1 Å². The molecule has 0 aromatic heterocycles. The maximum atomic E-state index is 11.7. The number of benzene rings is 1. The largest absolute Gasteiger partial charge is 0.293 e. The number of carbonyl (C=O) groups is 1. The Bertz CT molecular complexity index is 410. The molecule has 0 radical (unpaired) electrons. The molecule has 1 rings (SSSR count). The zero-order chi connectivity index (χ0) is 10.6. The first-order valence-corrected chi connectivity index (χ1v) is 5.13. The van der Waals surface area contributed by atoms with Crippen LogP contribution in [-0.2, 0) is 0 Å². The van der Waals surface area contributed by atoms with Gasteiger partial charge in [0.05, 0.1) is 6.42 Å². The van der Waals surface area contributed by atoms with Crippen LogP contribution in [0.25, 0.3) is 0 Å². The minimum Gasteiger partial charge on any atom is -0.293 e. The summed E-state index contributed by atoms with van der Waals surface area (Å²) < 4.78 is 0.927. The van der Waals surface area contributed by atoms with Gasteiger partial charge in [0.2, 0.25) is 0 Å². The fraction of sp³-hybridized carbons (Fsp3) is 0.250. The van der Waals surface area contributed by atoms with E-state index in [1.165, 1.54) is 0 Å². The van der Waals surface area contributed by atoms with E-state index in [9.17, 15) is 4.79 Å². The SMILES string of the molecule is CC#CCC(=O)c1cc(Br)ccc1C. The van der Waals surface area contributed by atoms with Gasteiger partial charge in [-0.3, -0.25) is 4.79 Å². The molecule has 0 amide bonds. The van der Waals surface area contributed by atoms with E-state index in [0.717, 1.165) is 15.6 Å². The first kappa shape index (κ1) is 11.0. The predicted octanol–water partition coefficient (Wildman–Crippen LogP) is 3.35. The van der Waals surface area contributed by atoms with Crippen molar-refractivity contribution in [1.82, 2.24) is 0 Å². The van der Waals surface area contributed by atoms with Gasteiger partial charge in [-0.15, -0.1) is 5.92 Å². The molecule has 0 fully saturated rings. The van der Waals surface area contributed by atoms with Crippen molar-refractivity contribution < 1.29 is 4.79 Å². The molecule has 1 aromatic rings. The second kappa shape index (κ2) is 4.97. The van der Waals surface area contributed by atoms with E-state index in [0.29, 0.717) is 6.42 Å². The Balaban J connectivity index is 2.98. The van der Waals surface area contributed by atoms with Crippen molar-refractivity contribution >= 4 is 21.7 Å². The Morgan fingerprint density at radius 2 is 2.21 bits per heavy atom. The molecule has 1 nitrogen and oxygen atoms in total. The molecule has 1 aromatic carbocycles. The number of hydrogen-bond acceptors (Lipinski definition) is 1. The zero-order valence-corrected chi connectivity index (χ0v) is 9.81. The molecule has 0 aliphatic carbocycles. The summed E-state index contributed by atoms with van der Waals surface area (Å²) >= 11 is 3.34. The molecule has 0 aliphatic rings. The molecular formula is C12H11BrO. The van der Waals surface area contributed by atoms with E-state index in [2.05, 4.69) is 27.8 Å². The van der Waals surface area contributed by atoms with Gasteiger partial charge in [-0.2, -0.15) is 0 Å². The summed E-state index contributed by atoms with van der Waals surface area (Å²) in [4.78, 5) is 11.7. The average Bonchev–Trinajstić information content (AvgIpc) is 2.18. The van der Waals surface area contributed by atoms with Gasteiger partial charge in [0.25, 0.3) is 0 Å². The minimum atomic E-state index is 0.0816. The Morgan fingerprint density at radius 3 is 2.86 bits per heavy atom. The molecule has 0 atom stereocenters. The van der Waals surface area contributed by atoms with Crippen LogP contribution in [0, 0.1) is 18.8 Å². The second-order valence-electron chi connectivity index (χ2n) is 2.99. The van der Waals surface area contributed by atoms with Gasteiger partial charge in [-0.25, -0.2) is 0 Å². The van der Waals surface area contributed by atoms with Gasteiger partial charge in [0, 0.05) is 10.0 Å². The monoisotopic (exact) mass is 250 g/mol. The highest BCUT2D eigenvalue weighted by molar-refractivity contribution is 9.10. The highest BCUT2D eigenvalue weighted by atomic mass is 79.9. The number of halogens is 1. The number of ketones is 1. The Hall–Kier alpha value is -1.07. The van der Waals surface area contributed by atoms with Crippen LogP contribution < -0.4 is 0 Å². The van der Waals surface area contributed by atoms with Crippen LogP contribution in [0.2, 0.25) is 0 Å². The van der Waals surface area contributed by atoms with Crippen LogP contribution in [0.5, 0.6) is 0 Å². The van der Waals surface area contributed by atoms with Crippen molar-refractivity contribution in [2.24, 2.45) is 0 Å².